The molecule has 3 N–H and O–H groups in total. The molecule has 15 heteroatoms. The Morgan fingerprint density at radius 1 is 1.26 bits per heavy atom. The lowest BCUT2D eigenvalue weighted by molar-refractivity contribution is -0.384. The third-order valence-corrected chi connectivity index (χ3v) is 7.85. The number of amides is 3. The molecule has 3 amide bonds. The van der Waals surface area contributed by atoms with Gasteiger partial charge in [0.05, 0.1) is 11.5 Å². The molecule has 0 aliphatic carbocycles. The number of hydrogen-bond acceptors (Lipinski definition) is 11. The number of hydrogen-bond donors (Lipinski definition) is 4. The normalized spacial score (nSPS) is 19.5. The lowest BCUT2D eigenvalue weighted by Crippen LogP contribution is -2.54. The first-order chi connectivity index (χ1) is 18.8. The molecule has 1 aromatic carbocycles. The van der Waals surface area contributed by atoms with E-state index in [1.807, 2.05) is 5.01 Å². The molecule has 13 nitrogen and oxygen atoms in total. The molecule has 0 saturated carbocycles. The Morgan fingerprint density at radius 2 is 1.97 bits per heavy atom. The molecule has 2 fully saturated rings. The van der Waals surface area contributed by atoms with E-state index in [4.69, 9.17) is 4.74 Å². The van der Waals surface area contributed by atoms with Crippen LogP contribution in [0, 0.1) is 10.1 Å². The van der Waals surface area contributed by atoms with Gasteiger partial charge in [0.15, 0.2) is 0 Å². The summed E-state index contributed by atoms with van der Waals surface area (Å²) in [7, 11) is 0. The lowest BCUT2D eigenvalue weighted by Gasteiger charge is -2.29. The molecule has 0 spiro atoms. The maximum absolute atomic E-state index is 12.7. The highest BCUT2D eigenvalue weighted by molar-refractivity contribution is 7.99. The van der Waals surface area contributed by atoms with Crippen LogP contribution in [-0.4, -0.2) is 118 Å². The number of nitrogens with one attached hydrogen (secondary N) is 2. The van der Waals surface area contributed by atoms with Gasteiger partial charge in [-0.2, -0.15) is 24.4 Å². The molecule has 0 radical (unpaired) electrons. The number of aliphatic hydroxyl groups is 1. The van der Waals surface area contributed by atoms with E-state index < -0.39 is 11.0 Å². The number of rotatable bonds is 13. The van der Waals surface area contributed by atoms with Crippen molar-refractivity contribution in [3.05, 3.63) is 39.9 Å². The number of likely N-dealkylation sites (tertiary alicyclic amines) is 1. The monoisotopic (exact) mass is 584 g/mol. The Bertz CT molecular complexity index is 980. The summed E-state index contributed by atoms with van der Waals surface area (Å²) in [5.41, 5.74) is 3.42. The average Bonchev–Trinajstić information content (AvgIpc) is 3.30. The topological polar surface area (TPSA) is 158 Å². The molecule has 2 aliphatic rings. The van der Waals surface area contributed by atoms with Crippen molar-refractivity contribution in [1.29, 1.82) is 0 Å². The molecule has 0 aromatic heterocycles. The van der Waals surface area contributed by atoms with Crippen LogP contribution in [0.3, 0.4) is 0 Å². The van der Waals surface area contributed by atoms with Crippen LogP contribution in [-0.2, 0) is 20.9 Å². The first-order valence-electron chi connectivity index (χ1n) is 12.8. The van der Waals surface area contributed by atoms with E-state index in [-0.39, 0.29) is 61.5 Å². The predicted octanol–water partition coefficient (Wildman–Crippen LogP) is 0.485. The Hall–Kier alpha value is -2.59. The van der Waals surface area contributed by atoms with Crippen LogP contribution in [0.25, 0.3) is 0 Å². The van der Waals surface area contributed by atoms with Gasteiger partial charge in [-0.05, 0) is 24.1 Å². The third kappa shape index (κ3) is 10.1. The van der Waals surface area contributed by atoms with Gasteiger partial charge in [-0.3, -0.25) is 25.1 Å². The van der Waals surface area contributed by atoms with E-state index in [0.717, 1.165) is 13.1 Å². The number of piperazine rings is 1. The number of thiol groups is 1. The van der Waals surface area contributed by atoms with E-state index >= 15 is 0 Å². The Morgan fingerprint density at radius 3 is 2.64 bits per heavy atom. The van der Waals surface area contributed by atoms with Crippen molar-refractivity contribution in [3.8, 4) is 0 Å². The third-order valence-electron chi connectivity index (χ3n) is 6.36. The van der Waals surface area contributed by atoms with Gasteiger partial charge >= 0.3 is 6.09 Å². The first kappa shape index (κ1) is 30.9. The predicted molar refractivity (Wildman–Crippen MR) is 149 cm³/mol. The largest absolute Gasteiger partial charge is 0.445 e. The van der Waals surface area contributed by atoms with Gasteiger partial charge in [0.25, 0.3) is 11.6 Å². The van der Waals surface area contributed by atoms with Gasteiger partial charge in [-0.25, -0.2) is 9.80 Å². The molecule has 0 bridgehead atoms. The summed E-state index contributed by atoms with van der Waals surface area (Å²) in [5, 5.41) is 25.2. The number of ether oxygens (including phenoxy) is 1. The highest BCUT2D eigenvalue weighted by Gasteiger charge is 2.34. The maximum Gasteiger partial charge on any atom is 0.410 e. The summed E-state index contributed by atoms with van der Waals surface area (Å²) in [6.07, 6.45) is 0.420. The van der Waals surface area contributed by atoms with Gasteiger partial charge in [0.2, 0.25) is 5.91 Å². The van der Waals surface area contributed by atoms with Crippen molar-refractivity contribution in [1.82, 2.24) is 25.6 Å². The Kier molecular flexibility index (Phi) is 12.6. The zero-order valence-corrected chi connectivity index (χ0v) is 23.4. The second-order valence-corrected chi connectivity index (χ2v) is 11.2. The summed E-state index contributed by atoms with van der Waals surface area (Å²) in [4.78, 5) is 51.1. The number of non-ortho nitro benzene ring substituents is 1. The second-order valence-electron chi connectivity index (χ2n) is 9.31. The smallest absolute Gasteiger partial charge is 0.410 e. The average molecular weight is 585 g/mol. The quantitative estimate of drug-likeness (QED) is 0.111. The van der Waals surface area contributed by atoms with E-state index in [9.17, 15) is 29.6 Å². The molecule has 2 aliphatic heterocycles. The summed E-state index contributed by atoms with van der Waals surface area (Å²) >= 11 is 6.06. The van der Waals surface area contributed by atoms with Crippen LogP contribution in [0.15, 0.2) is 24.3 Å². The van der Waals surface area contributed by atoms with Crippen molar-refractivity contribution in [2.75, 3.05) is 63.9 Å². The second kappa shape index (κ2) is 15.9. The zero-order chi connectivity index (χ0) is 28.2. The summed E-state index contributed by atoms with van der Waals surface area (Å²) in [5.74, 6) is 0.588. The van der Waals surface area contributed by atoms with Gasteiger partial charge in [0.1, 0.15) is 13.2 Å². The van der Waals surface area contributed by atoms with Crippen molar-refractivity contribution in [2.45, 2.75) is 30.7 Å². The number of carbonyl (C=O) groups is 3. The number of benzene rings is 1. The van der Waals surface area contributed by atoms with Gasteiger partial charge in [-0.1, -0.05) is 0 Å². The number of nitrogens with zero attached hydrogens (tertiary/aromatic N) is 4. The minimum absolute atomic E-state index is 0.00183. The van der Waals surface area contributed by atoms with Crippen molar-refractivity contribution in [3.63, 3.8) is 0 Å². The van der Waals surface area contributed by atoms with Gasteiger partial charge in [0, 0.05) is 80.6 Å². The number of nitro groups is 1. The molecule has 2 saturated heterocycles. The van der Waals surface area contributed by atoms with Crippen LogP contribution in [0.4, 0.5) is 10.5 Å². The molecular weight excluding hydrogens is 548 g/mol. The Balaban J connectivity index is 1.40. The number of aliphatic hydroxyl groups excluding tert-OH is 1. The van der Waals surface area contributed by atoms with Crippen LogP contribution in [0.5, 0.6) is 0 Å². The van der Waals surface area contributed by atoms with E-state index in [1.54, 1.807) is 17.0 Å². The minimum Gasteiger partial charge on any atom is -0.445 e. The molecule has 2 unspecified atom stereocenters. The molecule has 2 atom stereocenters. The lowest BCUT2D eigenvalue weighted by atomic mass is 10.2. The van der Waals surface area contributed by atoms with E-state index in [0.29, 0.717) is 43.1 Å². The van der Waals surface area contributed by atoms with Crippen LogP contribution in [0.1, 0.15) is 18.4 Å². The molecular formula is C24H36N6O7S2. The molecule has 2 heterocycles. The van der Waals surface area contributed by atoms with Gasteiger partial charge < -0.3 is 25.0 Å². The van der Waals surface area contributed by atoms with Crippen LogP contribution in [0.2, 0.25) is 0 Å². The van der Waals surface area contributed by atoms with Crippen LogP contribution < -0.4 is 10.7 Å². The fourth-order valence-electron chi connectivity index (χ4n) is 4.33. The molecule has 39 heavy (non-hydrogen) atoms. The van der Waals surface area contributed by atoms with Crippen molar-refractivity contribution < 1.29 is 29.2 Å². The number of carbonyl (C=O) groups excluding carboxylic acids is 3. The zero-order valence-electron chi connectivity index (χ0n) is 21.7. The fourth-order valence-corrected chi connectivity index (χ4v) is 5.82. The highest BCUT2D eigenvalue weighted by atomic mass is 32.2. The van der Waals surface area contributed by atoms with Crippen LogP contribution >= 0.6 is 24.4 Å². The van der Waals surface area contributed by atoms with Gasteiger partial charge in [-0.15, -0.1) is 0 Å². The number of nitro benzene ring substituents is 1. The number of thioether (sulfide) groups is 1. The molecule has 216 valence electrons. The van der Waals surface area contributed by atoms with E-state index in [2.05, 4.69) is 23.4 Å². The fraction of sp³-hybridized carbons (Fsp3) is 0.625. The van der Waals surface area contributed by atoms with Crippen molar-refractivity contribution in [2.24, 2.45) is 0 Å². The summed E-state index contributed by atoms with van der Waals surface area (Å²) < 4.78 is 5.43. The summed E-state index contributed by atoms with van der Waals surface area (Å²) in [6.45, 7) is 3.10. The SMILES string of the molecule is O=C(CN(CCO)C(=O)CCSCC1CC(S)CN1C(=O)OCc1ccc([N+](=O)[O-])cc1)NN1CCNCC1. The summed E-state index contributed by atoms with van der Waals surface area (Å²) in [6, 6.07) is 5.73. The number of hydrazine groups is 1. The first-order valence-corrected chi connectivity index (χ1v) is 14.5. The minimum atomic E-state index is -0.488. The van der Waals surface area contributed by atoms with E-state index in [1.165, 1.54) is 28.8 Å². The maximum atomic E-state index is 12.7. The standard InChI is InChI=1S/C24H36N6O7S2/c31-11-10-27(15-22(32)26-28-8-6-25-7-9-28)23(33)5-12-39-17-20-13-21(38)14-29(20)24(34)37-16-18-1-3-19(4-2-18)30(35)36/h1-4,20-21,25,31,38H,5-17H2,(H,26,32). The molecule has 1 aromatic rings. The van der Waals surface area contributed by atoms with Crippen molar-refractivity contribution >= 4 is 48.0 Å². The highest BCUT2D eigenvalue weighted by Crippen LogP contribution is 2.26. The molecule has 3 rings (SSSR count). The Labute approximate surface area is 237 Å².